The van der Waals surface area contributed by atoms with E-state index in [2.05, 4.69) is 9.97 Å². The summed E-state index contributed by atoms with van der Waals surface area (Å²) in [5, 5.41) is 9.77. The molecule has 0 bridgehead atoms. The molecule has 4 rings (SSSR count). The van der Waals surface area contributed by atoms with Crippen LogP contribution in [0.15, 0.2) is 60.8 Å². The van der Waals surface area contributed by atoms with E-state index >= 15 is 0 Å². The molecule has 1 aromatic heterocycles. The highest BCUT2D eigenvalue weighted by Crippen LogP contribution is 2.28. The van der Waals surface area contributed by atoms with Gasteiger partial charge in [-0.1, -0.05) is 42.5 Å². The van der Waals surface area contributed by atoms with Crippen LogP contribution in [0.5, 0.6) is 5.75 Å². The Morgan fingerprint density at radius 3 is 2.70 bits per heavy atom. The molecule has 154 valence electrons. The molecule has 0 spiro atoms. The van der Waals surface area contributed by atoms with E-state index in [1.165, 1.54) is 0 Å². The standard InChI is InChI=1S/C23H24N4O3/c1-26(2)23-24-14-19(21(25-23)16-7-4-3-5-8-16)22(29)27-11-12-30-20(15-27)17-9-6-10-18(28)13-17/h3-10,13-14,20,28H,11-12,15H2,1-2H3. The first-order valence-electron chi connectivity index (χ1n) is 9.82. The number of hydrogen-bond donors (Lipinski definition) is 1. The van der Waals surface area contributed by atoms with Gasteiger partial charge in [-0.15, -0.1) is 0 Å². The molecule has 7 nitrogen and oxygen atoms in total. The van der Waals surface area contributed by atoms with E-state index in [1.807, 2.05) is 55.4 Å². The van der Waals surface area contributed by atoms with Gasteiger partial charge in [-0.05, 0) is 17.7 Å². The number of anilines is 1. The largest absolute Gasteiger partial charge is 0.508 e. The Balaban J connectivity index is 1.65. The van der Waals surface area contributed by atoms with E-state index < -0.39 is 0 Å². The molecular weight excluding hydrogens is 380 g/mol. The molecular formula is C23H24N4O3. The van der Waals surface area contributed by atoms with Crippen molar-refractivity contribution in [1.29, 1.82) is 0 Å². The third-order valence-corrected chi connectivity index (χ3v) is 5.05. The second-order valence-electron chi connectivity index (χ2n) is 7.40. The molecule has 2 aromatic carbocycles. The zero-order chi connectivity index (χ0) is 21.1. The predicted molar refractivity (Wildman–Crippen MR) is 114 cm³/mol. The minimum atomic E-state index is -0.294. The molecule has 1 saturated heterocycles. The summed E-state index contributed by atoms with van der Waals surface area (Å²) < 4.78 is 5.86. The summed E-state index contributed by atoms with van der Waals surface area (Å²) in [4.78, 5) is 26.0. The number of carbonyl (C=O) groups excluding carboxylic acids is 1. The molecule has 0 aliphatic carbocycles. The Morgan fingerprint density at radius 2 is 1.97 bits per heavy atom. The predicted octanol–water partition coefficient (Wildman–Crippen LogP) is 3.13. The fourth-order valence-corrected chi connectivity index (χ4v) is 3.49. The van der Waals surface area contributed by atoms with Gasteiger partial charge in [-0.2, -0.15) is 0 Å². The third-order valence-electron chi connectivity index (χ3n) is 5.05. The summed E-state index contributed by atoms with van der Waals surface area (Å²) in [7, 11) is 3.74. The van der Waals surface area contributed by atoms with Crippen LogP contribution in [0.3, 0.4) is 0 Å². The summed E-state index contributed by atoms with van der Waals surface area (Å²) in [6, 6.07) is 16.6. The Morgan fingerprint density at radius 1 is 1.17 bits per heavy atom. The molecule has 0 radical (unpaired) electrons. The molecule has 0 saturated carbocycles. The summed E-state index contributed by atoms with van der Waals surface area (Å²) in [6.45, 7) is 1.30. The number of morpholine rings is 1. The topological polar surface area (TPSA) is 78.8 Å². The van der Waals surface area contributed by atoms with Crippen LogP contribution in [0.25, 0.3) is 11.3 Å². The molecule has 3 aromatic rings. The van der Waals surface area contributed by atoms with Crippen LogP contribution in [-0.4, -0.2) is 59.7 Å². The Labute approximate surface area is 175 Å². The number of carbonyl (C=O) groups is 1. The zero-order valence-electron chi connectivity index (χ0n) is 17.0. The Bertz CT molecular complexity index is 1040. The normalized spacial score (nSPS) is 16.3. The molecule has 1 aliphatic rings. The number of aromatic hydroxyl groups is 1. The van der Waals surface area contributed by atoms with Crippen LogP contribution in [0.1, 0.15) is 22.0 Å². The number of aromatic nitrogens is 2. The number of rotatable bonds is 4. The van der Waals surface area contributed by atoms with Crippen molar-refractivity contribution in [2.24, 2.45) is 0 Å². The molecule has 1 fully saturated rings. The second-order valence-corrected chi connectivity index (χ2v) is 7.40. The van der Waals surface area contributed by atoms with Crippen LogP contribution in [0.4, 0.5) is 5.95 Å². The Kier molecular flexibility index (Phi) is 5.63. The van der Waals surface area contributed by atoms with Gasteiger partial charge in [0.2, 0.25) is 5.95 Å². The summed E-state index contributed by atoms with van der Waals surface area (Å²) >= 11 is 0. The van der Waals surface area contributed by atoms with Crippen LogP contribution < -0.4 is 4.90 Å². The maximum atomic E-state index is 13.4. The highest BCUT2D eigenvalue weighted by atomic mass is 16.5. The average Bonchev–Trinajstić information content (AvgIpc) is 2.79. The number of phenols is 1. The second kappa shape index (κ2) is 8.51. The summed E-state index contributed by atoms with van der Waals surface area (Å²) in [5.74, 6) is 0.594. The number of nitrogens with zero attached hydrogens (tertiary/aromatic N) is 4. The van der Waals surface area contributed by atoms with Gasteiger partial charge in [0.1, 0.15) is 11.9 Å². The van der Waals surface area contributed by atoms with Gasteiger partial charge >= 0.3 is 0 Å². The van der Waals surface area contributed by atoms with Gasteiger partial charge in [0.05, 0.1) is 24.4 Å². The van der Waals surface area contributed by atoms with Crippen molar-refractivity contribution in [3.8, 4) is 17.0 Å². The van der Waals surface area contributed by atoms with E-state index in [9.17, 15) is 9.90 Å². The fraction of sp³-hybridized carbons (Fsp3) is 0.261. The minimum absolute atomic E-state index is 0.132. The van der Waals surface area contributed by atoms with Gasteiger partial charge in [-0.25, -0.2) is 9.97 Å². The quantitative estimate of drug-likeness (QED) is 0.720. The number of phenolic OH excluding ortho intramolecular Hbond substituents is 1. The summed E-state index contributed by atoms with van der Waals surface area (Å²) in [6.07, 6.45) is 1.31. The van der Waals surface area contributed by atoms with Crippen molar-refractivity contribution in [3.63, 3.8) is 0 Å². The van der Waals surface area contributed by atoms with Gasteiger partial charge in [0.25, 0.3) is 5.91 Å². The van der Waals surface area contributed by atoms with Crippen LogP contribution in [-0.2, 0) is 4.74 Å². The van der Waals surface area contributed by atoms with Gasteiger partial charge in [0, 0.05) is 32.4 Å². The van der Waals surface area contributed by atoms with Crippen molar-refractivity contribution >= 4 is 11.9 Å². The van der Waals surface area contributed by atoms with E-state index in [1.54, 1.807) is 29.3 Å². The maximum absolute atomic E-state index is 13.4. The molecule has 1 aliphatic heterocycles. The molecule has 1 unspecified atom stereocenters. The van der Waals surface area contributed by atoms with Gasteiger partial charge < -0.3 is 19.6 Å². The molecule has 7 heteroatoms. The van der Waals surface area contributed by atoms with E-state index in [4.69, 9.17) is 4.74 Å². The van der Waals surface area contributed by atoms with Crippen LogP contribution >= 0.6 is 0 Å². The van der Waals surface area contributed by atoms with Crippen LogP contribution in [0, 0.1) is 0 Å². The first-order chi connectivity index (χ1) is 14.5. The maximum Gasteiger partial charge on any atom is 0.257 e. The number of ether oxygens (including phenoxy) is 1. The van der Waals surface area contributed by atoms with Crippen molar-refractivity contribution in [3.05, 3.63) is 71.9 Å². The lowest BCUT2D eigenvalue weighted by Gasteiger charge is -2.33. The lowest BCUT2D eigenvalue weighted by Crippen LogP contribution is -2.42. The van der Waals surface area contributed by atoms with E-state index in [-0.39, 0.29) is 17.8 Å². The van der Waals surface area contributed by atoms with Crippen molar-refractivity contribution in [2.75, 3.05) is 38.7 Å². The van der Waals surface area contributed by atoms with Gasteiger partial charge in [0.15, 0.2) is 0 Å². The first kappa shape index (κ1) is 19.8. The van der Waals surface area contributed by atoms with Crippen LogP contribution in [0.2, 0.25) is 0 Å². The van der Waals surface area contributed by atoms with E-state index in [0.29, 0.717) is 36.9 Å². The molecule has 1 amide bonds. The van der Waals surface area contributed by atoms with Crippen molar-refractivity contribution < 1.29 is 14.6 Å². The van der Waals surface area contributed by atoms with Crippen molar-refractivity contribution in [2.45, 2.75) is 6.10 Å². The SMILES string of the molecule is CN(C)c1ncc(C(=O)N2CCOC(c3cccc(O)c3)C2)c(-c2ccccc2)n1. The first-order valence-corrected chi connectivity index (χ1v) is 9.82. The van der Waals surface area contributed by atoms with E-state index in [0.717, 1.165) is 11.1 Å². The smallest absolute Gasteiger partial charge is 0.257 e. The number of benzene rings is 2. The molecule has 30 heavy (non-hydrogen) atoms. The third kappa shape index (κ3) is 4.11. The minimum Gasteiger partial charge on any atom is -0.508 e. The molecule has 1 atom stereocenters. The van der Waals surface area contributed by atoms with Crippen molar-refractivity contribution in [1.82, 2.24) is 14.9 Å². The molecule has 2 heterocycles. The monoisotopic (exact) mass is 404 g/mol. The zero-order valence-corrected chi connectivity index (χ0v) is 17.0. The number of amides is 1. The van der Waals surface area contributed by atoms with Gasteiger partial charge in [-0.3, -0.25) is 4.79 Å². The summed E-state index contributed by atoms with van der Waals surface area (Å²) in [5.41, 5.74) is 2.78. The fourth-order valence-electron chi connectivity index (χ4n) is 3.49. The Hall–Kier alpha value is -3.45. The number of hydrogen-bond acceptors (Lipinski definition) is 6. The lowest BCUT2D eigenvalue weighted by atomic mass is 10.0. The lowest BCUT2D eigenvalue weighted by molar-refractivity contribution is -0.0228. The molecule has 1 N–H and O–H groups in total. The highest BCUT2D eigenvalue weighted by Gasteiger charge is 2.28. The average molecular weight is 404 g/mol. The highest BCUT2D eigenvalue weighted by molar-refractivity contribution is 6.00.